The third-order valence-electron chi connectivity index (χ3n) is 2.97. The molecule has 0 radical (unpaired) electrons. The fourth-order valence-corrected chi connectivity index (χ4v) is 2.64. The largest absolute Gasteiger partial charge is 0.465 e. The molecule has 0 aliphatic heterocycles. The van der Waals surface area contributed by atoms with Gasteiger partial charge in [0.25, 0.3) is 0 Å². The van der Waals surface area contributed by atoms with Crippen molar-refractivity contribution < 1.29 is 9.53 Å². The molecule has 0 spiro atoms. The topological polar surface area (TPSA) is 80.8 Å². The van der Waals surface area contributed by atoms with E-state index in [1.54, 1.807) is 10.9 Å². The number of hydrogen-bond donors (Lipinski definition) is 0. The Bertz CT molecular complexity index is 727. The van der Waals surface area contributed by atoms with Crippen molar-refractivity contribution in [3.05, 3.63) is 35.1 Å². The average molecular weight is 351 g/mol. The summed E-state index contributed by atoms with van der Waals surface area (Å²) in [5, 5.41) is 17.5. The molecular weight excluding hydrogens is 336 g/mol. The zero-order valence-electron chi connectivity index (χ0n) is 12.5. The zero-order valence-corrected chi connectivity index (χ0v) is 14.1. The van der Waals surface area contributed by atoms with Gasteiger partial charge in [-0.15, -0.1) is 10.2 Å². The Morgan fingerprint density at radius 2 is 2.35 bits per heavy atom. The Balaban J connectivity index is 1.95. The van der Waals surface area contributed by atoms with E-state index in [1.165, 1.54) is 11.8 Å². The fourth-order valence-electron chi connectivity index (χ4n) is 1.73. The number of benzene rings is 1. The number of thioether (sulfide) groups is 1. The molecule has 2 rings (SSSR count). The van der Waals surface area contributed by atoms with Crippen LogP contribution >= 0.6 is 23.4 Å². The third-order valence-corrected chi connectivity index (χ3v) is 4.29. The van der Waals surface area contributed by atoms with E-state index in [1.807, 2.05) is 31.2 Å². The molecule has 1 aromatic carbocycles. The summed E-state index contributed by atoms with van der Waals surface area (Å²) >= 11 is 7.37. The molecule has 0 saturated heterocycles. The molecule has 0 amide bonds. The maximum atomic E-state index is 11.6. The molecule has 0 fully saturated rings. The van der Waals surface area contributed by atoms with Gasteiger partial charge in [0.05, 0.1) is 24.1 Å². The van der Waals surface area contributed by atoms with Gasteiger partial charge in [0, 0.05) is 11.4 Å². The lowest BCUT2D eigenvalue weighted by molar-refractivity contribution is -0.140. The molecule has 1 heterocycles. The first-order valence-electron chi connectivity index (χ1n) is 6.93. The van der Waals surface area contributed by atoms with E-state index < -0.39 is 0 Å². The second-order valence-electron chi connectivity index (χ2n) is 4.69. The Morgan fingerprint density at radius 3 is 3.09 bits per heavy atom. The molecule has 0 bridgehead atoms. The quantitative estimate of drug-likeness (QED) is 0.433. The van der Waals surface area contributed by atoms with Crippen LogP contribution in [0.5, 0.6) is 0 Å². The maximum absolute atomic E-state index is 11.6. The van der Waals surface area contributed by atoms with Crippen LogP contribution in [-0.2, 0) is 9.53 Å². The van der Waals surface area contributed by atoms with Crippen molar-refractivity contribution in [2.45, 2.75) is 24.9 Å². The van der Waals surface area contributed by atoms with E-state index in [2.05, 4.69) is 10.2 Å². The molecule has 0 N–H and O–H groups in total. The number of halogens is 1. The predicted octanol–water partition coefficient (Wildman–Crippen LogP) is 3.17. The molecule has 8 heteroatoms. The molecule has 0 atom stereocenters. The van der Waals surface area contributed by atoms with E-state index in [-0.39, 0.29) is 18.3 Å². The van der Waals surface area contributed by atoms with Crippen LogP contribution in [0.2, 0.25) is 5.02 Å². The Kier molecular flexibility index (Phi) is 6.44. The van der Waals surface area contributed by atoms with Crippen LogP contribution in [0.3, 0.4) is 0 Å². The van der Waals surface area contributed by atoms with Gasteiger partial charge in [-0.1, -0.05) is 29.4 Å². The average Bonchev–Trinajstić information content (AvgIpc) is 3.01. The molecule has 0 unspecified atom stereocenters. The first-order chi connectivity index (χ1) is 11.1. The highest BCUT2D eigenvalue weighted by atomic mass is 35.5. The van der Waals surface area contributed by atoms with Crippen molar-refractivity contribution in [3.63, 3.8) is 0 Å². The number of aryl methyl sites for hydroxylation is 1. The van der Waals surface area contributed by atoms with Crippen molar-refractivity contribution in [2.75, 3.05) is 12.4 Å². The number of unbranched alkanes of at least 4 members (excludes halogenated alkanes) is 1. The Morgan fingerprint density at radius 1 is 1.52 bits per heavy atom. The molecule has 1 aromatic heterocycles. The zero-order chi connectivity index (χ0) is 16.7. The number of hydrogen-bond acceptors (Lipinski definition) is 6. The summed E-state index contributed by atoms with van der Waals surface area (Å²) in [5.74, 6) is -0.213. The van der Waals surface area contributed by atoms with Crippen molar-refractivity contribution in [2.24, 2.45) is 0 Å². The van der Waals surface area contributed by atoms with Crippen molar-refractivity contribution in [1.82, 2.24) is 14.8 Å². The van der Waals surface area contributed by atoms with Gasteiger partial charge in [0.15, 0.2) is 5.16 Å². The molecule has 23 heavy (non-hydrogen) atoms. The van der Waals surface area contributed by atoms with E-state index in [4.69, 9.17) is 21.6 Å². The molecule has 0 aliphatic carbocycles. The van der Waals surface area contributed by atoms with Crippen LogP contribution in [0.4, 0.5) is 0 Å². The lowest BCUT2D eigenvalue weighted by atomic mass is 10.2. The summed E-state index contributed by atoms with van der Waals surface area (Å²) < 4.78 is 6.80. The first-order valence-corrected chi connectivity index (χ1v) is 8.30. The van der Waals surface area contributed by atoms with E-state index in [9.17, 15) is 4.79 Å². The number of carbonyl (C=O) groups is 1. The van der Waals surface area contributed by atoms with E-state index >= 15 is 0 Å². The van der Waals surface area contributed by atoms with E-state index in [0.717, 1.165) is 11.3 Å². The van der Waals surface area contributed by atoms with Gasteiger partial charge in [-0.3, -0.25) is 9.36 Å². The van der Waals surface area contributed by atoms with Crippen molar-refractivity contribution in [1.29, 1.82) is 5.26 Å². The van der Waals surface area contributed by atoms with Gasteiger partial charge < -0.3 is 4.74 Å². The first kappa shape index (κ1) is 17.3. The van der Waals surface area contributed by atoms with Crippen LogP contribution in [-0.4, -0.2) is 33.1 Å². The SMILES string of the molecule is Cc1ccc(-n2cnnc2SCC(=O)OCCCC#N)cc1Cl. The van der Waals surface area contributed by atoms with Gasteiger partial charge in [0.2, 0.25) is 0 Å². The van der Waals surface area contributed by atoms with Crippen LogP contribution in [0.15, 0.2) is 29.7 Å². The highest BCUT2D eigenvalue weighted by Crippen LogP contribution is 2.23. The summed E-state index contributed by atoms with van der Waals surface area (Å²) in [6, 6.07) is 7.65. The van der Waals surface area contributed by atoms with Crippen LogP contribution < -0.4 is 0 Å². The van der Waals surface area contributed by atoms with Crippen molar-refractivity contribution >= 4 is 29.3 Å². The second kappa shape index (κ2) is 8.56. The normalized spacial score (nSPS) is 10.3. The Hall–Kier alpha value is -2.04. The second-order valence-corrected chi connectivity index (χ2v) is 6.04. The number of nitriles is 1. The summed E-state index contributed by atoms with van der Waals surface area (Å²) in [6.07, 6.45) is 2.50. The van der Waals surface area contributed by atoms with Gasteiger partial charge in [0.1, 0.15) is 6.33 Å². The minimum absolute atomic E-state index is 0.130. The van der Waals surface area contributed by atoms with Gasteiger partial charge >= 0.3 is 5.97 Å². The van der Waals surface area contributed by atoms with Crippen LogP contribution in [0.1, 0.15) is 18.4 Å². The van der Waals surface area contributed by atoms with Gasteiger partial charge in [-0.05, 0) is 31.0 Å². The highest BCUT2D eigenvalue weighted by molar-refractivity contribution is 7.99. The number of nitrogens with zero attached hydrogens (tertiary/aromatic N) is 4. The molecule has 0 saturated carbocycles. The molecule has 120 valence electrons. The molecule has 6 nitrogen and oxygen atoms in total. The predicted molar refractivity (Wildman–Crippen MR) is 87.6 cm³/mol. The fraction of sp³-hybridized carbons (Fsp3) is 0.333. The minimum atomic E-state index is -0.343. The van der Waals surface area contributed by atoms with Crippen molar-refractivity contribution in [3.8, 4) is 11.8 Å². The number of rotatable bonds is 7. The smallest absolute Gasteiger partial charge is 0.316 e. The van der Waals surface area contributed by atoms with Gasteiger partial charge in [-0.2, -0.15) is 5.26 Å². The number of esters is 1. The summed E-state index contributed by atoms with van der Waals surface area (Å²) in [5.41, 5.74) is 1.81. The standard InChI is InChI=1S/C15H15ClN4O2S/c1-11-4-5-12(8-13(11)16)20-10-18-19-15(20)23-9-14(21)22-7-3-2-6-17/h4-5,8,10H,2-3,7,9H2,1H3. The highest BCUT2D eigenvalue weighted by Gasteiger charge is 2.11. The minimum Gasteiger partial charge on any atom is -0.465 e. The number of carbonyl (C=O) groups excluding carboxylic acids is 1. The maximum Gasteiger partial charge on any atom is 0.316 e. The third kappa shape index (κ3) is 4.98. The van der Waals surface area contributed by atoms with Crippen LogP contribution in [0, 0.1) is 18.3 Å². The summed E-state index contributed by atoms with van der Waals surface area (Å²) in [6.45, 7) is 2.18. The molecule has 0 aliphatic rings. The number of aromatic nitrogens is 3. The monoisotopic (exact) mass is 350 g/mol. The Labute approximate surface area is 143 Å². The molecule has 2 aromatic rings. The lowest BCUT2D eigenvalue weighted by Gasteiger charge is -2.08. The summed E-state index contributed by atoms with van der Waals surface area (Å²) in [7, 11) is 0. The van der Waals surface area contributed by atoms with E-state index in [0.29, 0.717) is 23.0 Å². The summed E-state index contributed by atoms with van der Waals surface area (Å²) in [4.78, 5) is 11.6. The lowest BCUT2D eigenvalue weighted by Crippen LogP contribution is -2.09. The van der Waals surface area contributed by atoms with Gasteiger partial charge in [-0.25, -0.2) is 0 Å². The molecular formula is C15H15ClN4O2S. The van der Waals surface area contributed by atoms with Crippen LogP contribution in [0.25, 0.3) is 5.69 Å². The number of ether oxygens (including phenoxy) is 1.